The number of amides is 2. The van der Waals surface area contributed by atoms with Crippen molar-refractivity contribution < 1.29 is 14.3 Å². The van der Waals surface area contributed by atoms with Crippen LogP contribution in [-0.2, 0) is 29.0 Å². The number of rotatable bonds is 6. The Morgan fingerprint density at radius 2 is 1.63 bits per heavy atom. The van der Waals surface area contributed by atoms with Gasteiger partial charge in [0.25, 0.3) is 0 Å². The summed E-state index contributed by atoms with van der Waals surface area (Å²) in [4.78, 5) is 41.2. The summed E-state index contributed by atoms with van der Waals surface area (Å²) in [5.41, 5.74) is 2.61. The number of piperidine rings is 1. The average molecular weight is 514 g/mol. The van der Waals surface area contributed by atoms with Gasteiger partial charge >= 0.3 is 6.09 Å². The predicted octanol–water partition coefficient (Wildman–Crippen LogP) is 4.97. The molecule has 5 rings (SSSR count). The molecule has 8 heteroatoms. The lowest BCUT2D eigenvalue weighted by molar-refractivity contribution is -0.118. The number of benzene rings is 2. The number of hydrogen-bond acceptors (Lipinski definition) is 6. The van der Waals surface area contributed by atoms with Crippen molar-refractivity contribution in [3.63, 3.8) is 0 Å². The molecule has 2 aromatic carbocycles. The highest BCUT2D eigenvalue weighted by molar-refractivity contribution is 6.02. The Bertz CT molecular complexity index is 1230. The quantitative estimate of drug-likeness (QED) is 0.463. The lowest BCUT2D eigenvalue weighted by Crippen LogP contribution is -2.52. The Morgan fingerprint density at radius 1 is 1.00 bits per heavy atom. The fourth-order valence-electron chi connectivity index (χ4n) is 5.23. The second-order valence-electron chi connectivity index (χ2n) is 11.0. The molecule has 38 heavy (non-hydrogen) atoms. The zero-order valence-corrected chi connectivity index (χ0v) is 22.3. The van der Waals surface area contributed by atoms with Gasteiger partial charge in [-0.25, -0.2) is 14.8 Å². The number of likely N-dealkylation sites (tertiary alicyclic amines) is 1. The van der Waals surface area contributed by atoms with Crippen molar-refractivity contribution in [2.24, 2.45) is 0 Å². The Morgan fingerprint density at radius 3 is 2.24 bits per heavy atom. The zero-order valence-electron chi connectivity index (χ0n) is 22.3. The maximum atomic E-state index is 13.4. The second kappa shape index (κ2) is 10.8. The van der Waals surface area contributed by atoms with Crippen LogP contribution in [0.5, 0.6) is 0 Å². The molecule has 0 bridgehead atoms. The lowest BCUT2D eigenvalue weighted by Gasteiger charge is -2.38. The maximum Gasteiger partial charge on any atom is 0.410 e. The number of ether oxygens (including phenoxy) is 1. The minimum Gasteiger partial charge on any atom is -0.444 e. The molecule has 2 aliphatic rings. The van der Waals surface area contributed by atoms with Gasteiger partial charge in [-0.3, -0.25) is 9.69 Å². The molecule has 1 aromatic heterocycles. The van der Waals surface area contributed by atoms with Crippen LogP contribution in [0.15, 0.2) is 67.0 Å². The van der Waals surface area contributed by atoms with E-state index in [2.05, 4.69) is 34.1 Å². The van der Waals surface area contributed by atoms with Crippen LogP contribution < -0.4 is 9.80 Å². The van der Waals surface area contributed by atoms with Gasteiger partial charge in [-0.2, -0.15) is 0 Å². The smallest absolute Gasteiger partial charge is 0.410 e. The number of aromatic nitrogens is 2. The minimum atomic E-state index is -0.566. The van der Waals surface area contributed by atoms with E-state index in [0.717, 1.165) is 35.3 Å². The number of carbonyl (C=O) groups excluding carboxylic acids is 2. The normalized spacial score (nSPS) is 17.3. The van der Waals surface area contributed by atoms with Crippen molar-refractivity contribution in [1.82, 2.24) is 14.9 Å². The zero-order chi connectivity index (χ0) is 26.7. The monoisotopic (exact) mass is 513 g/mol. The Kier molecular flexibility index (Phi) is 7.31. The van der Waals surface area contributed by atoms with Gasteiger partial charge < -0.3 is 14.5 Å². The SMILES string of the molecule is CC(C)(C)OC(=O)N1CCC[C@@H](N2C(=O)Cc3c(N(Cc4ccccc4)Cc4ccccc4)ncnc32)C1. The third-order valence-electron chi connectivity index (χ3n) is 6.87. The molecule has 0 N–H and O–H groups in total. The molecule has 2 aliphatic heterocycles. The van der Waals surface area contributed by atoms with E-state index in [1.54, 1.807) is 16.1 Å². The maximum absolute atomic E-state index is 13.4. The van der Waals surface area contributed by atoms with Crippen molar-refractivity contribution in [3.05, 3.63) is 83.7 Å². The second-order valence-corrected chi connectivity index (χ2v) is 11.0. The molecule has 0 radical (unpaired) electrons. The van der Waals surface area contributed by atoms with Crippen LogP contribution in [0.2, 0.25) is 0 Å². The van der Waals surface area contributed by atoms with Crippen LogP contribution in [0, 0.1) is 0 Å². The van der Waals surface area contributed by atoms with Crippen LogP contribution in [-0.4, -0.2) is 51.6 Å². The van der Waals surface area contributed by atoms with E-state index in [-0.39, 0.29) is 24.5 Å². The molecule has 3 heterocycles. The number of fused-ring (bicyclic) bond motifs is 1. The molecule has 0 saturated carbocycles. The van der Waals surface area contributed by atoms with Gasteiger partial charge in [0.05, 0.1) is 12.5 Å². The molecule has 0 unspecified atom stereocenters. The summed E-state index contributed by atoms with van der Waals surface area (Å²) >= 11 is 0. The third-order valence-corrected chi connectivity index (χ3v) is 6.87. The molecule has 1 fully saturated rings. The van der Waals surface area contributed by atoms with Crippen molar-refractivity contribution >= 4 is 23.6 Å². The summed E-state index contributed by atoms with van der Waals surface area (Å²) in [7, 11) is 0. The van der Waals surface area contributed by atoms with Gasteiger partial charge in [-0.1, -0.05) is 60.7 Å². The van der Waals surface area contributed by atoms with Gasteiger partial charge in [0.1, 0.15) is 23.6 Å². The highest BCUT2D eigenvalue weighted by Crippen LogP contribution is 2.37. The molecule has 0 aliphatic carbocycles. The molecule has 0 spiro atoms. The lowest BCUT2D eigenvalue weighted by atomic mass is 10.0. The fourth-order valence-corrected chi connectivity index (χ4v) is 5.23. The number of anilines is 2. The molecule has 2 amide bonds. The fraction of sp³-hybridized carbons (Fsp3) is 0.400. The van der Waals surface area contributed by atoms with Gasteiger partial charge in [0, 0.05) is 31.7 Å². The van der Waals surface area contributed by atoms with Crippen LogP contribution in [0.25, 0.3) is 0 Å². The first-order valence-electron chi connectivity index (χ1n) is 13.2. The van der Waals surface area contributed by atoms with Gasteiger partial charge in [0.2, 0.25) is 5.91 Å². The van der Waals surface area contributed by atoms with Crippen molar-refractivity contribution in [1.29, 1.82) is 0 Å². The van der Waals surface area contributed by atoms with Crippen molar-refractivity contribution in [3.8, 4) is 0 Å². The molecule has 198 valence electrons. The van der Waals surface area contributed by atoms with Crippen molar-refractivity contribution in [2.75, 3.05) is 22.9 Å². The molecule has 1 saturated heterocycles. The predicted molar refractivity (Wildman–Crippen MR) is 147 cm³/mol. The van der Waals surface area contributed by atoms with Gasteiger partial charge in [0.15, 0.2) is 0 Å². The molecule has 1 atom stereocenters. The average Bonchev–Trinajstić information content (AvgIpc) is 3.24. The summed E-state index contributed by atoms with van der Waals surface area (Å²) in [6.45, 7) is 7.95. The Balaban J connectivity index is 1.43. The van der Waals surface area contributed by atoms with Crippen LogP contribution >= 0.6 is 0 Å². The number of hydrogen-bond donors (Lipinski definition) is 0. The van der Waals surface area contributed by atoms with E-state index in [0.29, 0.717) is 32.0 Å². The van der Waals surface area contributed by atoms with Crippen LogP contribution in [0.1, 0.15) is 50.3 Å². The third kappa shape index (κ3) is 5.79. The number of carbonyl (C=O) groups is 2. The number of nitrogens with zero attached hydrogens (tertiary/aromatic N) is 5. The van der Waals surface area contributed by atoms with Crippen LogP contribution in [0.3, 0.4) is 0 Å². The topological polar surface area (TPSA) is 78.9 Å². The highest BCUT2D eigenvalue weighted by Gasteiger charge is 2.40. The summed E-state index contributed by atoms with van der Waals surface area (Å²) in [5.74, 6) is 1.43. The Labute approximate surface area is 224 Å². The molecular weight excluding hydrogens is 478 g/mol. The van der Waals surface area contributed by atoms with E-state index < -0.39 is 5.60 Å². The van der Waals surface area contributed by atoms with E-state index >= 15 is 0 Å². The summed E-state index contributed by atoms with van der Waals surface area (Å²) < 4.78 is 5.60. The standard InChI is InChI=1S/C30H35N5O3/c1-30(2,3)38-29(37)33-16-10-15-24(20-33)35-26(36)17-25-27(31-21-32-28(25)35)34(18-22-11-6-4-7-12-22)19-23-13-8-5-9-14-23/h4-9,11-14,21,24H,10,15-20H2,1-3H3/t24-/m1/s1. The summed E-state index contributed by atoms with van der Waals surface area (Å²) in [5, 5.41) is 0. The van der Waals surface area contributed by atoms with Gasteiger partial charge in [-0.05, 0) is 44.7 Å². The first-order valence-corrected chi connectivity index (χ1v) is 13.2. The Hall–Kier alpha value is -3.94. The van der Waals surface area contributed by atoms with E-state index in [1.165, 1.54) is 0 Å². The van der Waals surface area contributed by atoms with Crippen LogP contribution in [0.4, 0.5) is 16.4 Å². The minimum absolute atomic E-state index is 0.00263. The van der Waals surface area contributed by atoms with E-state index in [4.69, 9.17) is 9.72 Å². The largest absolute Gasteiger partial charge is 0.444 e. The first kappa shape index (κ1) is 25.7. The summed E-state index contributed by atoms with van der Waals surface area (Å²) in [6.07, 6.45) is 3.07. The molecular formula is C30H35N5O3. The molecule has 3 aromatic rings. The van der Waals surface area contributed by atoms with E-state index in [9.17, 15) is 9.59 Å². The first-order chi connectivity index (χ1) is 18.3. The van der Waals surface area contributed by atoms with E-state index in [1.807, 2.05) is 57.2 Å². The summed E-state index contributed by atoms with van der Waals surface area (Å²) in [6, 6.07) is 20.4. The highest BCUT2D eigenvalue weighted by atomic mass is 16.6. The van der Waals surface area contributed by atoms with Crippen molar-refractivity contribution in [2.45, 2.75) is 64.8 Å². The van der Waals surface area contributed by atoms with Gasteiger partial charge in [-0.15, -0.1) is 0 Å². The molecule has 8 nitrogen and oxygen atoms in total.